The van der Waals surface area contributed by atoms with E-state index in [1.54, 1.807) is 36.4 Å². The molecule has 2 aromatic carbocycles. The average Bonchev–Trinajstić information content (AvgIpc) is 2.89. The first-order valence-electron chi connectivity index (χ1n) is 13.2. The summed E-state index contributed by atoms with van der Waals surface area (Å²) in [5.41, 5.74) is 1.85. The van der Waals surface area contributed by atoms with E-state index in [1.165, 1.54) is 12.1 Å². The number of phenols is 1. The summed E-state index contributed by atoms with van der Waals surface area (Å²) >= 11 is 0. The first-order valence-corrected chi connectivity index (χ1v) is 18.4. The van der Waals surface area contributed by atoms with Gasteiger partial charge in [0.1, 0.15) is 5.75 Å². The lowest BCUT2D eigenvalue weighted by Gasteiger charge is -2.47. The predicted octanol–water partition coefficient (Wildman–Crippen LogP) is 4.38. The van der Waals surface area contributed by atoms with Gasteiger partial charge in [0, 0.05) is 25.6 Å². The molecule has 1 fully saturated rings. The Labute approximate surface area is 230 Å². The monoisotopic (exact) mass is 572 g/mol. The molecule has 4 atom stereocenters. The molecule has 4 unspecified atom stereocenters. The number of fused-ring (bicyclic) bond motifs is 2. The lowest BCUT2D eigenvalue weighted by molar-refractivity contribution is -0.163. The van der Waals surface area contributed by atoms with Crippen LogP contribution in [-0.2, 0) is 29.1 Å². The van der Waals surface area contributed by atoms with Crippen molar-refractivity contribution in [2.45, 2.75) is 62.2 Å². The fraction of sp³-hybridized carbons (Fsp3) is 0.464. The number of nitrogens with one attached hydrogen (secondary N) is 1. The van der Waals surface area contributed by atoms with Crippen molar-refractivity contribution in [3.63, 3.8) is 0 Å². The molecule has 2 bridgehead atoms. The maximum Gasteiger partial charge on any atom is 0.310 e. The Balaban J connectivity index is 1.74. The number of carbonyl (C=O) groups excluding carboxylic acids is 2. The molecule has 5 rings (SSSR count). The van der Waals surface area contributed by atoms with Gasteiger partial charge in [-0.15, -0.1) is 0 Å². The van der Waals surface area contributed by atoms with Gasteiger partial charge < -0.3 is 14.6 Å². The third-order valence-corrected chi connectivity index (χ3v) is 10.2. The number of esters is 2. The van der Waals surface area contributed by atoms with Gasteiger partial charge in [0.05, 0.1) is 29.9 Å². The Morgan fingerprint density at radius 1 is 1.00 bits per heavy atom. The third-order valence-electron chi connectivity index (χ3n) is 7.22. The largest absolute Gasteiger partial charge is 0.508 e. The number of sulfonamides is 1. The number of rotatable bonds is 10. The van der Waals surface area contributed by atoms with Crippen molar-refractivity contribution >= 4 is 35.7 Å². The quantitative estimate of drug-likeness (QED) is 0.245. The lowest BCUT2D eigenvalue weighted by atomic mass is 9.55. The van der Waals surface area contributed by atoms with Crippen LogP contribution in [0.15, 0.2) is 58.5 Å². The molecule has 11 heteroatoms. The number of nitrogens with zero attached hydrogens (tertiary/aromatic N) is 1. The van der Waals surface area contributed by atoms with Crippen LogP contribution in [0.5, 0.6) is 5.75 Å². The first-order chi connectivity index (χ1) is 18.4. The molecule has 0 aliphatic heterocycles. The van der Waals surface area contributed by atoms with E-state index >= 15 is 0 Å². The summed E-state index contributed by atoms with van der Waals surface area (Å²) in [4.78, 5) is 29.4. The maximum absolute atomic E-state index is 13.5. The molecule has 0 heterocycles. The highest BCUT2D eigenvalue weighted by molar-refractivity contribution is 7.89. The molecule has 1 saturated carbocycles. The lowest BCUT2D eigenvalue weighted by Crippen LogP contribution is -2.51. The molecule has 2 aromatic rings. The molecular formula is C28H36N2O7SSi. The molecule has 0 radical (unpaired) electrons. The number of hydrazone groups is 1. The van der Waals surface area contributed by atoms with Crippen molar-refractivity contribution in [2.24, 2.45) is 16.9 Å². The van der Waals surface area contributed by atoms with E-state index < -0.39 is 53.7 Å². The number of phenolic OH excluding ortho intramolecular Hbond substituents is 1. The average molecular weight is 573 g/mol. The molecule has 9 nitrogen and oxygen atoms in total. The Morgan fingerprint density at radius 3 is 2.33 bits per heavy atom. The molecular weight excluding hydrogens is 536 g/mol. The number of benzene rings is 2. The van der Waals surface area contributed by atoms with Gasteiger partial charge in [-0.05, 0) is 54.3 Å². The zero-order valence-corrected chi connectivity index (χ0v) is 24.5. The van der Waals surface area contributed by atoms with Gasteiger partial charge in [-0.3, -0.25) is 9.59 Å². The highest BCUT2D eigenvalue weighted by Gasteiger charge is 2.57. The van der Waals surface area contributed by atoms with E-state index in [0.717, 1.165) is 11.6 Å². The van der Waals surface area contributed by atoms with E-state index in [2.05, 4.69) is 29.6 Å². The van der Waals surface area contributed by atoms with Crippen molar-refractivity contribution in [3.8, 4) is 5.75 Å². The van der Waals surface area contributed by atoms with E-state index in [4.69, 9.17) is 9.47 Å². The fourth-order valence-corrected chi connectivity index (χ4v) is 6.90. The predicted molar refractivity (Wildman–Crippen MR) is 150 cm³/mol. The standard InChI is InChI=1S/C28H36N2O7SSi/c1-5-13-36-28(33)26-24-21-16-18(31)11-12-20(21)22(25(26)27(32)37-14-15-39(2,3)4)17-23(24)29-30-38(34,35)19-9-7-6-8-10-19/h6-12,16,22,24-26,30-31H,5,13-15,17H2,1-4H3. The van der Waals surface area contributed by atoms with E-state index in [1.807, 2.05) is 6.92 Å². The zero-order valence-electron chi connectivity index (χ0n) is 22.7. The number of aromatic hydroxyl groups is 1. The Hall–Kier alpha value is -3.18. The smallest absolute Gasteiger partial charge is 0.310 e. The number of hydrogen-bond acceptors (Lipinski definition) is 8. The summed E-state index contributed by atoms with van der Waals surface area (Å²) < 4.78 is 37.0. The molecule has 210 valence electrons. The van der Waals surface area contributed by atoms with Gasteiger partial charge >= 0.3 is 11.9 Å². The van der Waals surface area contributed by atoms with Crippen LogP contribution in [0.4, 0.5) is 0 Å². The second kappa shape index (κ2) is 11.5. The SMILES string of the molecule is CCCOC(=O)C1C2C(=NNS(=O)(=O)c3ccccc3)CC(c3ccc(O)cc32)C1C(=O)OCC[Si](C)(C)C. The summed E-state index contributed by atoms with van der Waals surface area (Å²) in [5.74, 6) is -4.08. The van der Waals surface area contributed by atoms with E-state index in [9.17, 15) is 23.1 Å². The highest BCUT2D eigenvalue weighted by atomic mass is 32.2. The van der Waals surface area contributed by atoms with Crippen LogP contribution in [0.3, 0.4) is 0 Å². The minimum atomic E-state index is -3.96. The van der Waals surface area contributed by atoms with Gasteiger partial charge in [0.25, 0.3) is 10.0 Å². The van der Waals surface area contributed by atoms with Crippen LogP contribution >= 0.6 is 0 Å². The number of hydrogen-bond donors (Lipinski definition) is 2. The Morgan fingerprint density at radius 2 is 1.67 bits per heavy atom. The summed E-state index contributed by atoms with van der Waals surface area (Å²) in [6.07, 6.45) is 0.859. The molecule has 2 N–H and O–H groups in total. The van der Waals surface area contributed by atoms with Crippen LogP contribution in [0.25, 0.3) is 0 Å². The van der Waals surface area contributed by atoms with Crippen molar-refractivity contribution in [2.75, 3.05) is 13.2 Å². The molecule has 0 spiro atoms. The van der Waals surface area contributed by atoms with Crippen LogP contribution in [-0.4, -0.2) is 52.5 Å². The minimum Gasteiger partial charge on any atom is -0.508 e. The van der Waals surface area contributed by atoms with E-state index in [-0.39, 0.29) is 30.3 Å². The van der Waals surface area contributed by atoms with Crippen LogP contribution in [0, 0.1) is 11.8 Å². The Kier molecular flexibility index (Phi) is 8.50. The molecule has 0 aromatic heterocycles. The summed E-state index contributed by atoms with van der Waals surface area (Å²) in [6, 6.07) is 13.5. The summed E-state index contributed by atoms with van der Waals surface area (Å²) in [7, 11) is -5.42. The van der Waals surface area contributed by atoms with Crippen molar-refractivity contribution in [1.82, 2.24) is 4.83 Å². The molecule has 3 aliphatic rings. The molecule has 0 saturated heterocycles. The van der Waals surface area contributed by atoms with Crippen molar-refractivity contribution in [1.29, 1.82) is 0 Å². The zero-order chi connectivity index (χ0) is 28.4. The van der Waals surface area contributed by atoms with Gasteiger partial charge in [-0.1, -0.05) is 50.8 Å². The molecule has 3 aliphatic carbocycles. The van der Waals surface area contributed by atoms with Crippen molar-refractivity contribution in [3.05, 3.63) is 59.7 Å². The topological polar surface area (TPSA) is 131 Å². The first kappa shape index (κ1) is 28.8. The second-order valence-electron chi connectivity index (χ2n) is 11.3. The highest BCUT2D eigenvalue weighted by Crippen LogP contribution is 2.55. The van der Waals surface area contributed by atoms with Crippen LogP contribution in [0.2, 0.25) is 25.7 Å². The van der Waals surface area contributed by atoms with Crippen LogP contribution in [0.1, 0.15) is 42.7 Å². The third kappa shape index (κ3) is 6.35. The number of ether oxygens (including phenoxy) is 2. The van der Waals surface area contributed by atoms with Crippen molar-refractivity contribution < 1.29 is 32.6 Å². The maximum atomic E-state index is 13.5. The second-order valence-corrected chi connectivity index (χ2v) is 18.6. The molecule has 0 amide bonds. The fourth-order valence-electron chi connectivity index (χ4n) is 5.32. The summed E-state index contributed by atoms with van der Waals surface area (Å²) in [5, 5.41) is 14.6. The Bertz CT molecular complexity index is 1360. The normalized spacial score (nSPS) is 23.2. The van der Waals surface area contributed by atoms with Crippen LogP contribution < -0.4 is 4.83 Å². The van der Waals surface area contributed by atoms with Gasteiger partial charge in [0.2, 0.25) is 0 Å². The number of carbonyl (C=O) groups is 2. The molecule has 39 heavy (non-hydrogen) atoms. The minimum absolute atomic E-state index is 0.000421. The van der Waals surface area contributed by atoms with E-state index in [0.29, 0.717) is 17.7 Å². The summed E-state index contributed by atoms with van der Waals surface area (Å²) in [6.45, 7) is 8.91. The van der Waals surface area contributed by atoms with Gasteiger partial charge in [0.15, 0.2) is 0 Å². The van der Waals surface area contributed by atoms with Gasteiger partial charge in [-0.2, -0.15) is 13.5 Å². The van der Waals surface area contributed by atoms with Gasteiger partial charge in [-0.25, -0.2) is 4.83 Å².